The predicted molar refractivity (Wildman–Crippen MR) is 68.7 cm³/mol. The van der Waals surface area contributed by atoms with E-state index in [4.69, 9.17) is 4.74 Å². The van der Waals surface area contributed by atoms with Gasteiger partial charge >= 0.3 is 0 Å². The van der Waals surface area contributed by atoms with Crippen LogP contribution in [0.4, 0.5) is 5.69 Å². The number of hydrogen-bond acceptors (Lipinski definition) is 4. The number of rotatable bonds is 4. The van der Waals surface area contributed by atoms with E-state index < -0.39 is 12.2 Å². The SMILES string of the molecule is CCC(O)CNC(=O)C1CNc2ccccc2O1. The first kappa shape index (κ1) is 12.7. The normalized spacial score (nSPS) is 19.1. The predicted octanol–water partition coefficient (Wildman–Crippen LogP) is 0.747. The second kappa shape index (κ2) is 5.73. The van der Waals surface area contributed by atoms with Crippen LogP contribution in [0.15, 0.2) is 24.3 Å². The maximum atomic E-state index is 11.8. The molecule has 0 radical (unpaired) electrons. The van der Waals surface area contributed by atoms with Crippen molar-refractivity contribution in [2.45, 2.75) is 25.6 Å². The van der Waals surface area contributed by atoms with Crippen LogP contribution in [0.3, 0.4) is 0 Å². The molecule has 1 aliphatic heterocycles. The molecule has 0 aliphatic carbocycles. The molecule has 0 spiro atoms. The van der Waals surface area contributed by atoms with Crippen molar-refractivity contribution in [1.29, 1.82) is 0 Å². The van der Waals surface area contributed by atoms with Crippen molar-refractivity contribution in [3.8, 4) is 5.75 Å². The summed E-state index contributed by atoms with van der Waals surface area (Å²) in [6.45, 7) is 2.56. The number of nitrogens with one attached hydrogen (secondary N) is 2. The van der Waals surface area contributed by atoms with E-state index in [1.165, 1.54) is 0 Å². The quantitative estimate of drug-likeness (QED) is 0.737. The Labute approximate surface area is 106 Å². The monoisotopic (exact) mass is 250 g/mol. The molecule has 1 amide bonds. The Morgan fingerprint density at radius 1 is 1.61 bits per heavy atom. The van der Waals surface area contributed by atoms with Gasteiger partial charge < -0.3 is 20.5 Å². The molecule has 0 fully saturated rings. The minimum Gasteiger partial charge on any atom is -0.477 e. The summed E-state index contributed by atoms with van der Waals surface area (Å²) in [7, 11) is 0. The van der Waals surface area contributed by atoms with Crippen LogP contribution in [0, 0.1) is 0 Å². The molecule has 2 atom stereocenters. The number of anilines is 1. The summed E-state index contributed by atoms with van der Waals surface area (Å²) in [5, 5.41) is 15.2. The average Bonchev–Trinajstić information content (AvgIpc) is 2.43. The van der Waals surface area contributed by atoms with Gasteiger partial charge in [-0.15, -0.1) is 0 Å². The molecule has 2 rings (SSSR count). The van der Waals surface area contributed by atoms with Gasteiger partial charge in [0.1, 0.15) is 5.75 Å². The van der Waals surface area contributed by atoms with E-state index in [1.54, 1.807) is 0 Å². The van der Waals surface area contributed by atoms with Gasteiger partial charge in [-0.1, -0.05) is 19.1 Å². The molecule has 0 saturated carbocycles. The van der Waals surface area contributed by atoms with E-state index in [9.17, 15) is 9.90 Å². The van der Waals surface area contributed by atoms with Crippen LogP contribution in [-0.4, -0.2) is 36.3 Å². The van der Waals surface area contributed by atoms with Crippen molar-refractivity contribution in [3.05, 3.63) is 24.3 Å². The Morgan fingerprint density at radius 2 is 2.39 bits per heavy atom. The number of carbonyl (C=O) groups is 1. The minimum absolute atomic E-state index is 0.204. The fourth-order valence-electron chi connectivity index (χ4n) is 1.74. The standard InChI is InChI=1S/C13H18N2O3/c1-2-9(16)7-15-13(17)12-8-14-10-5-3-4-6-11(10)18-12/h3-6,9,12,14,16H,2,7-8H2,1H3,(H,15,17). The largest absolute Gasteiger partial charge is 0.477 e. The van der Waals surface area contributed by atoms with Crippen molar-refractivity contribution >= 4 is 11.6 Å². The van der Waals surface area contributed by atoms with Crippen LogP contribution >= 0.6 is 0 Å². The third-order valence-electron chi connectivity index (χ3n) is 2.91. The fourth-order valence-corrected chi connectivity index (χ4v) is 1.74. The van der Waals surface area contributed by atoms with Gasteiger partial charge in [0.2, 0.25) is 0 Å². The molecule has 1 aliphatic rings. The highest BCUT2D eigenvalue weighted by Gasteiger charge is 2.25. The number of para-hydroxylation sites is 2. The molecule has 5 heteroatoms. The first-order valence-corrected chi connectivity index (χ1v) is 6.16. The molecule has 5 nitrogen and oxygen atoms in total. The van der Waals surface area contributed by atoms with Gasteiger partial charge in [-0.2, -0.15) is 0 Å². The summed E-state index contributed by atoms with van der Waals surface area (Å²) < 4.78 is 5.60. The third-order valence-corrected chi connectivity index (χ3v) is 2.91. The van der Waals surface area contributed by atoms with E-state index in [-0.39, 0.29) is 12.5 Å². The highest BCUT2D eigenvalue weighted by atomic mass is 16.5. The number of benzene rings is 1. The van der Waals surface area contributed by atoms with Crippen molar-refractivity contribution < 1.29 is 14.6 Å². The van der Waals surface area contributed by atoms with Gasteiger partial charge in [-0.25, -0.2) is 0 Å². The van der Waals surface area contributed by atoms with E-state index in [1.807, 2.05) is 31.2 Å². The number of aliphatic hydroxyl groups is 1. The molecule has 1 aromatic rings. The lowest BCUT2D eigenvalue weighted by molar-refractivity contribution is -0.128. The average molecular weight is 250 g/mol. The maximum absolute atomic E-state index is 11.8. The van der Waals surface area contributed by atoms with Gasteiger partial charge in [-0.05, 0) is 18.6 Å². The number of amides is 1. The summed E-state index contributed by atoms with van der Waals surface area (Å²) in [5.74, 6) is 0.476. The van der Waals surface area contributed by atoms with Crippen LogP contribution < -0.4 is 15.4 Å². The summed E-state index contributed by atoms with van der Waals surface area (Å²) in [6, 6.07) is 7.50. The van der Waals surface area contributed by atoms with Crippen LogP contribution in [0.2, 0.25) is 0 Å². The zero-order valence-corrected chi connectivity index (χ0v) is 10.3. The molecule has 0 aromatic heterocycles. The van der Waals surface area contributed by atoms with E-state index in [2.05, 4.69) is 10.6 Å². The molecule has 2 unspecified atom stereocenters. The zero-order chi connectivity index (χ0) is 13.0. The summed E-state index contributed by atoms with van der Waals surface area (Å²) >= 11 is 0. The van der Waals surface area contributed by atoms with Crippen molar-refractivity contribution in [2.24, 2.45) is 0 Å². The second-order valence-corrected chi connectivity index (χ2v) is 4.29. The van der Waals surface area contributed by atoms with Crippen molar-refractivity contribution in [2.75, 3.05) is 18.4 Å². The number of ether oxygens (including phenoxy) is 1. The zero-order valence-electron chi connectivity index (χ0n) is 10.3. The van der Waals surface area contributed by atoms with Gasteiger partial charge in [0.15, 0.2) is 6.10 Å². The second-order valence-electron chi connectivity index (χ2n) is 4.29. The Bertz CT molecular complexity index is 422. The molecular weight excluding hydrogens is 232 g/mol. The Kier molecular flexibility index (Phi) is 4.04. The van der Waals surface area contributed by atoms with Gasteiger partial charge in [0, 0.05) is 6.54 Å². The Morgan fingerprint density at radius 3 is 3.17 bits per heavy atom. The number of aliphatic hydroxyl groups excluding tert-OH is 1. The van der Waals surface area contributed by atoms with Gasteiger partial charge in [-0.3, -0.25) is 4.79 Å². The molecule has 1 heterocycles. The van der Waals surface area contributed by atoms with E-state index >= 15 is 0 Å². The lowest BCUT2D eigenvalue weighted by Gasteiger charge is -2.26. The van der Waals surface area contributed by atoms with Crippen molar-refractivity contribution in [1.82, 2.24) is 5.32 Å². The smallest absolute Gasteiger partial charge is 0.263 e. The van der Waals surface area contributed by atoms with Crippen molar-refractivity contribution in [3.63, 3.8) is 0 Å². The molecule has 18 heavy (non-hydrogen) atoms. The molecule has 1 aromatic carbocycles. The van der Waals surface area contributed by atoms with Crippen LogP contribution in [-0.2, 0) is 4.79 Å². The summed E-state index contributed by atoms with van der Waals surface area (Å²) in [5.41, 5.74) is 0.898. The lowest BCUT2D eigenvalue weighted by atomic mass is 10.2. The number of hydrogen-bond donors (Lipinski definition) is 3. The lowest BCUT2D eigenvalue weighted by Crippen LogP contribution is -2.46. The minimum atomic E-state index is -0.552. The molecule has 0 saturated heterocycles. The van der Waals surface area contributed by atoms with Crippen LogP contribution in [0.25, 0.3) is 0 Å². The third kappa shape index (κ3) is 2.92. The first-order chi connectivity index (χ1) is 8.70. The Hall–Kier alpha value is -1.75. The fraction of sp³-hybridized carbons (Fsp3) is 0.462. The van der Waals surface area contributed by atoms with Crippen LogP contribution in [0.5, 0.6) is 5.75 Å². The van der Waals surface area contributed by atoms with Gasteiger partial charge in [0.25, 0.3) is 5.91 Å². The van der Waals surface area contributed by atoms with E-state index in [0.717, 1.165) is 5.69 Å². The number of fused-ring (bicyclic) bond motifs is 1. The Balaban J connectivity index is 1.90. The molecule has 3 N–H and O–H groups in total. The highest BCUT2D eigenvalue weighted by molar-refractivity contribution is 5.83. The van der Waals surface area contributed by atoms with Crippen LogP contribution in [0.1, 0.15) is 13.3 Å². The number of carbonyl (C=O) groups excluding carboxylic acids is 1. The molecule has 0 bridgehead atoms. The molecule has 98 valence electrons. The summed E-state index contributed by atoms with van der Waals surface area (Å²) in [6.07, 6.45) is -0.436. The van der Waals surface area contributed by atoms with E-state index in [0.29, 0.717) is 18.7 Å². The highest BCUT2D eigenvalue weighted by Crippen LogP contribution is 2.28. The van der Waals surface area contributed by atoms with Gasteiger partial charge in [0.05, 0.1) is 18.3 Å². The first-order valence-electron chi connectivity index (χ1n) is 6.16. The topological polar surface area (TPSA) is 70.6 Å². The summed E-state index contributed by atoms with van der Waals surface area (Å²) in [4.78, 5) is 11.8. The maximum Gasteiger partial charge on any atom is 0.263 e. The molecular formula is C13H18N2O3.